The summed E-state index contributed by atoms with van der Waals surface area (Å²) in [5, 5.41) is 11.5. The molecule has 2 rings (SSSR count). The van der Waals surface area contributed by atoms with Gasteiger partial charge in [-0.3, -0.25) is 0 Å². The minimum atomic E-state index is 0.713. The lowest BCUT2D eigenvalue weighted by molar-refractivity contribution is 0.798. The van der Waals surface area contributed by atoms with Crippen LogP contribution >= 0.6 is 0 Å². The highest BCUT2D eigenvalue weighted by atomic mass is 15.2. The van der Waals surface area contributed by atoms with E-state index in [1.54, 1.807) is 6.20 Å². The van der Waals surface area contributed by atoms with Gasteiger partial charge in [0.1, 0.15) is 11.6 Å². The van der Waals surface area contributed by atoms with Crippen LogP contribution in [-0.4, -0.2) is 26.3 Å². The van der Waals surface area contributed by atoms with E-state index in [2.05, 4.69) is 27.4 Å². The van der Waals surface area contributed by atoms with Gasteiger partial charge in [0.15, 0.2) is 0 Å². The maximum atomic E-state index is 4.26. The zero-order valence-corrected chi connectivity index (χ0v) is 10.2. The van der Waals surface area contributed by atoms with E-state index in [0.717, 1.165) is 30.3 Å². The van der Waals surface area contributed by atoms with Crippen LogP contribution in [0.1, 0.15) is 24.9 Å². The van der Waals surface area contributed by atoms with Crippen molar-refractivity contribution in [3.8, 4) is 0 Å². The first-order chi connectivity index (χ1) is 8.29. The number of nitrogens with zero attached hydrogens (tertiary/aromatic N) is 4. The van der Waals surface area contributed by atoms with Gasteiger partial charge in [0.05, 0.1) is 12.1 Å². The highest BCUT2D eigenvalue weighted by molar-refractivity contribution is 5.33. The molecular weight excluding hydrogens is 214 g/mol. The largest absolute Gasteiger partial charge is 0.369 e. The molecule has 0 bridgehead atoms. The van der Waals surface area contributed by atoms with Crippen LogP contribution in [0.25, 0.3) is 0 Å². The normalized spacial score (nSPS) is 10.5. The molecule has 0 saturated carbocycles. The number of hydrogen-bond donors (Lipinski definition) is 1. The van der Waals surface area contributed by atoms with Crippen molar-refractivity contribution in [2.45, 2.75) is 19.8 Å². The Morgan fingerprint density at radius 3 is 2.76 bits per heavy atom. The third-order valence-electron chi connectivity index (χ3n) is 2.54. The van der Waals surface area contributed by atoms with E-state index in [9.17, 15) is 0 Å². The van der Waals surface area contributed by atoms with E-state index in [1.165, 1.54) is 0 Å². The van der Waals surface area contributed by atoms with Crippen LogP contribution in [0.15, 0.2) is 24.5 Å². The van der Waals surface area contributed by atoms with Gasteiger partial charge in [-0.15, -0.1) is 5.10 Å². The Bertz CT molecular complexity index is 460. The predicted octanol–water partition coefficient (Wildman–Crippen LogP) is 1.62. The second-order valence-corrected chi connectivity index (χ2v) is 3.97. The van der Waals surface area contributed by atoms with Crippen molar-refractivity contribution in [2.75, 3.05) is 11.9 Å². The molecule has 0 aliphatic heterocycles. The first-order valence-electron chi connectivity index (χ1n) is 5.82. The van der Waals surface area contributed by atoms with Crippen LogP contribution in [0.2, 0.25) is 0 Å². The van der Waals surface area contributed by atoms with Crippen molar-refractivity contribution < 1.29 is 0 Å². The Kier molecular flexibility index (Phi) is 3.69. The van der Waals surface area contributed by atoms with Crippen molar-refractivity contribution in [1.29, 1.82) is 0 Å². The van der Waals surface area contributed by atoms with Gasteiger partial charge in [0, 0.05) is 26.0 Å². The fourth-order valence-corrected chi connectivity index (χ4v) is 1.53. The van der Waals surface area contributed by atoms with E-state index in [0.29, 0.717) is 6.42 Å². The van der Waals surface area contributed by atoms with Gasteiger partial charge in [-0.05, 0) is 18.6 Å². The molecule has 0 fully saturated rings. The molecule has 0 amide bonds. The number of aryl methyl sites for hydroxylation is 1. The van der Waals surface area contributed by atoms with Gasteiger partial charge in [-0.2, -0.15) is 5.10 Å². The van der Waals surface area contributed by atoms with Crippen LogP contribution in [0.4, 0.5) is 5.82 Å². The first-order valence-corrected chi connectivity index (χ1v) is 5.82. The van der Waals surface area contributed by atoms with Crippen LogP contribution < -0.4 is 5.32 Å². The first kappa shape index (κ1) is 11.6. The zero-order chi connectivity index (χ0) is 12.1. The van der Waals surface area contributed by atoms with Crippen molar-refractivity contribution in [1.82, 2.24) is 19.7 Å². The van der Waals surface area contributed by atoms with Crippen molar-refractivity contribution >= 4 is 5.82 Å². The topological polar surface area (TPSA) is 55.6 Å². The van der Waals surface area contributed by atoms with Crippen LogP contribution in [0, 0.1) is 0 Å². The predicted molar refractivity (Wildman–Crippen MR) is 66.8 cm³/mol. The number of anilines is 1. The molecule has 2 heterocycles. The second-order valence-electron chi connectivity index (χ2n) is 3.97. The van der Waals surface area contributed by atoms with Gasteiger partial charge in [0.2, 0.25) is 0 Å². The summed E-state index contributed by atoms with van der Waals surface area (Å²) in [5.41, 5.74) is 0.932. The molecule has 17 heavy (non-hydrogen) atoms. The standard InChI is InChI=1S/C12H17N5/c1-3-6-13-11-5-4-10(15-16-11)9-12-14-7-8-17(12)2/h4-5,7-8H,3,6,9H2,1-2H3,(H,13,16). The number of rotatable bonds is 5. The van der Waals surface area contributed by atoms with Crippen molar-refractivity contribution in [2.24, 2.45) is 7.05 Å². The van der Waals surface area contributed by atoms with Gasteiger partial charge < -0.3 is 9.88 Å². The Labute approximate surface area is 101 Å². The van der Waals surface area contributed by atoms with E-state index in [4.69, 9.17) is 0 Å². The van der Waals surface area contributed by atoms with E-state index >= 15 is 0 Å². The summed E-state index contributed by atoms with van der Waals surface area (Å²) in [6, 6.07) is 3.95. The Balaban J connectivity index is 2.01. The Morgan fingerprint density at radius 1 is 1.29 bits per heavy atom. The van der Waals surface area contributed by atoms with E-state index in [1.807, 2.05) is 29.9 Å². The molecule has 5 heteroatoms. The van der Waals surface area contributed by atoms with Crippen LogP contribution in [-0.2, 0) is 13.5 Å². The van der Waals surface area contributed by atoms with Gasteiger partial charge >= 0.3 is 0 Å². The number of hydrogen-bond acceptors (Lipinski definition) is 4. The maximum Gasteiger partial charge on any atom is 0.148 e. The van der Waals surface area contributed by atoms with E-state index < -0.39 is 0 Å². The second kappa shape index (κ2) is 5.43. The lowest BCUT2D eigenvalue weighted by Gasteiger charge is -2.04. The Morgan fingerprint density at radius 2 is 2.18 bits per heavy atom. The summed E-state index contributed by atoms with van der Waals surface area (Å²) in [5.74, 6) is 1.82. The summed E-state index contributed by atoms with van der Waals surface area (Å²) < 4.78 is 1.99. The molecule has 0 saturated heterocycles. The van der Waals surface area contributed by atoms with Crippen molar-refractivity contribution in [3.05, 3.63) is 36.0 Å². The maximum absolute atomic E-state index is 4.26. The lowest BCUT2D eigenvalue weighted by atomic mass is 10.3. The fraction of sp³-hybridized carbons (Fsp3) is 0.417. The summed E-state index contributed by atoms with van der Waals surface area (Å²) >= 11 is 0. The van der Waals surface area contributed by atoms with E-state index in [-0.39, 0.29) is 0 Å². The van der Waals surface area contributed by atoms with Gasteiger partial charge in [0.25, 0.3) is 0 Å². The average molecular weight is 231 g/mol. The fourth-order valence-electron chi connectivity index (χ4n) is 1.53. The highest BCUT2D eigenvalue weighted by Gasteiger charge is 2.03. The zero-order valence-electron chi connectivity index (χ0n) is 10.2. The Hall–Kier alpha value is -1.91. The highest BCUT2D eigenvalue weighted by Crippen LogP contribution is 2.06. The van der Waals surface area contributed by atoms with Gasteiger partial charge in [-0.1, -0.05) is 6.92 Å². The molecule has 0 spiro atoms. The minimum Gasteiger partial charge on any atom is -0.369 e. The molecule has 0 radical (unpaired) electrons. The average Bonchev–Trinajstić information content (AvgIpc) is 2.74. The molecule has 0 aliphatic rings. The monoisotopic (exact) mass is 231 g/mol. The number of aromatic nitrogens is 4. The quantitative estimate of drug-likeness (QED) is 0.849. The molecule has 0 atom stereocenters. The summed E-state index contributed by atoms with van der Waals surface area (Å²) in [6.07, 6.45) is 5.52. The molecule has 5 nitrogen and oxygen atoms in total. The summed E-state index contributed by atoms with van der Waals surface area (Å²) in [7, 11) is 1.98. The molecule has 2 aromatic rings. The molecule has 90 valence electrons. The van der Waals surface area contributed by atoms with Crippen LogP contribution in [0.3, 0.4) is 0 Å². The van der Waals surface area contributed by atoms with Crippen LogP contribution in [0.5, 0.6) is 0 Å². The molecule has 0 aliphatic carbocycles. The number of imidazole rings is 1. The minimum absolute atomic E-state index is 0.713. The third kappa shape index (κ3) is 3.03. The number of nitrogens with one attached hydrogen (secondary N) is 1. The summed E-state index contributed by atoms with van der Waals surface area (Å²) in [6.45, 7) is 3.04. The smallest absolute Gasteiger partial charge is 0.148 e. The molecule has 0 aromatic carbocycles. The third-order valence-corrected chi connectivity index (χ3v) is 2.54. The van der Waals surface area contributed by atoms with Gasteiger partial charge in [-0.25, -0.2) is 4.98 Å². The molecule has 1 N–H and O–H groups in total. The molecular formula is C12H17N5. The SMILES string of the molecule is CCCNc1ccc(Cc2nccn2C)nn1. The molecule has 0 unspecified atom stereocenters. The molecule has 2 aromatic heterocycles. The lowest BCUT2D eigenvalue weighted by Crippen LogP contribution is -2.05. The van der Waals surface area contributed by atoms with Crippen molar-refractivity contribution in [3.63, 3.8) is 0 Å². The summed E-state index contributed by atoms with van der Waals surface area (Å²) in [4.78, 5) is 4.26.